The molecule has 0 amide bonds. The molecule has 4 heteroatoms. The highest BCUT2D eigenvalue weighted by Gasteiger charge is 2.23. The molecule has 96 valence electrons. The van der Waals surface area contributed by atoms with E-state index in [2.05, 4.69) is 51.9 Å². The van der Waals surface area contributed by atoms with Gasteiger partial charge in [0.1, 0.15) is 5.82 Å². The molecule has 3 N–H and O–H groups in total. The molecule has 0 radical (unpaired) electrons. The number of aromatic amines is 1. The van der Waals surface area contributed by atoms with Gasteiger partial charge in [-0.25, -0.2) is 4.98 Å². The maximum Gasteiger partial charge on any atom is 0.112 e. The molecular weight excluding hydrogens is 290 g/mol. The predicted molar refractivity (Wildman–Crippen MR) is 78.4 cm³/mol. The first-order chi connectivity index (χ1) is 8.53. The minimum Gasteiger partial charge on any atom is -0.342 e. The van der Waals surface area contributed by atoms with Gasteiger partial charge in [0.05, 0.1) is 11.9 Å². The Morgan fingerprint density at radius 1 is 1.39 bits per heavy atom. The zero-order valence-corrected chi connectivity index (χ0v) is 12.3. The average molecular weight is 308 g/mol. The summed E-state index contributed by atoms with van der Waals surface area (Å²) in [5, 5.41) is 0. The van der Waals surface area contributed by atoms with Gasteiger partial charge in [0.15, 0.2) is 0 Å². The van der Waals surface area contributed by atoms with E-state index < -0.39 is 0 Å². The Kier molecular flexibility index (Phi) is 3.88. The molecule has 1 heterocycles. The zero-order chi connectivity index (χ0) is 13.2. The Morgan fingerprint density at radius 3 is 2.83 bits per heavy atom. The van der Waals surface area contributed by atoms with Gasteiger partial charge in [-0.15, -0.1) is 0 Å². The third kappa shape index (κ3) is 2.82. The summed E-state index contributed by atoms with van der Waals surface area (Å²) in [5.74, 6) is 0.989. The van der Waals surface area contributed by atoms with E-state index in [9.17, 15) is 0 Å². The molecule has 0 spiro atoms. The number of nitrogens with one attached hydrogen (secondary N) is 1. The third-order valence-corrected chi connectivity index (χ3v) is 3.62. The van der Waals surface area contributed by atoms with E-state index in [1.54, 1.807) is 0 Å². The maximum absolute atomic E-state index is 5.64. The molecule has 0 fully saturated rings. The van der Waals surface area contributed by atoms with Crippen molar-refractivity contribution in [3.63, 3.8) is 0 Å². The topological polar surface area (TPSA) is 54.7 Å². The molecule has 2 aromatic rings. The van der Waals surface area contributed by atoms with Crippen molar-refractivity contribution in [2.45, 2.75) is 25.7 Å². The number of hydrogen-bond acceptors (Lipinski definition) is 2. The molecule has 2 rings (SSSR count). The normalized spacial score (nSPS) is 11.8. The Bertz CT molecular complexity index is 531. The lowest BCUT2D eigenvalue weighted by Crippen LogP contribution is -2.23. The summed E-state index contributed by atoms with van der Waals surface area (Å²) in [5.41, 5.74) is 7.80. The van der Waals surface area contributed by atoms with E-state index in [0.717, 1.165) is 28.0 Å². The minimum atomic E-state index is -0.0149. The van der Waals surface area contributed by atoms with E-state index in [1.807, 2.05) is 18.3 Å². The van der Waals surface area contributed by atoms with Gasteiger partial charge in [0, 0.05) is 15.5 Å². The maximum atomic E-state index is 5.64. The van der Waals surface area contributed by atoms with Crippen LogP contribution in [0.15, 0.2) is 34.9 Å². The van der Waals surface area contributed by atoms with Gasteiger partial charge < -0.3 is 10.7 Å². The number of hydrogen-bond donors (Lipinski definition) is 2. The van der Waals surface area contributed by atoms with E-state index >= 15 is 0 Å². The van der Waals surface area contributed by atoms with Crippen molar-refractivity contribution in [2.24, 2.45) is 5.73 Å². The fourth-order valence-electron chi connectivity index (χ4n) is 1.95. The van der Waals surface area contributed by atoms with Gasteiger partial charge in [-0.2, -0.15) is 0 Å². The smallest absolute Gasteiger partial charge is 0.112 e. The molecule has 0 saturated carbocycles. The van der Waals surface area contributed by atoms with E-state index in [0.29, 0.717) is 6.54 Å². The molecule has 0 atom stereocenters. The number of nitrogens with two attached hydrogens (primary N) is 1. The zero-order valence-electron chi connectivity index (χ0n) is 10.7. The lowest BCUT2D eigenvalue weighted by molar-refractivity contribution is 0.462. The minimum absolute atomic E-state index is 0.0149. The van der Waals surface area contributed by atoms with E-state index in [4.69, 9.17) is 5.73 Å². The quantitative estimate of drug-likeness (QED) is 0.908. The molecule has 0 bridgehead atoms. The SMILES string of the molecule is CC(C)(CCN)c1ncc(-c2cccc(Br)c2)[nH]1. The van der Waals surface area contributed by atoms with Crippen LogP contribution >= 0.6 is 15.9 Å². The standard InChI is InChI=1S/C14H18BrN3/c1-14(2,6-7-16)13-17-9-12(18-13)10-4-3-5-11(15)8-10/h3-5,8-9H,6-7,16H2,1-2H3,(H,17,18). The molecule has 0 aliphatic rings. The van der Waals surface area contributed by atoms with Crippen LogP contribution in [0, 0.1) is 0 Å². The number of rotatable bonds is 4. The van der Waals surface area contributed by atoms with E-state index in [1.165, 1.54) is 0 Å². The molecule has 0 aliphatic heterocycles. The van der Waals surface area contributed by atoms with Gasteiger partial charge in [-0.3, -0.25) is 0 Å². The number of imidazole rings is 1. The summed E-state index contributed by atoms with van der Waals surface area (Å²) in [6.45, 7) is 4.98. The fourth-order valence-corrected chi connectivity index (χ4v) is 2.35. The van der Waals surface area contributed by atoms with Crippen molar-refractivity contribution in [1.82, 2.24) is 9.97 Å². The van der Waals surface area contributed by atoms with Gasteiger partial charge in [0.2, 0.25) is 0 Å². The van der Waals surface area contributed by atoms with E-state index in [-0.39, 0.29) is 5.41 Å². The lowest BCUT2D eigenvalue weighted by atomic mass is 9.88. The van der Waals surface area contributed by atoms with Crippen LogP contribution in [-0.2, 0) is 5.41 Å². The molecular formula is C14H18BrN3. The monoisotopic (exact) mass is 307 g/mol. The Labute approximate surface area is 116 Å². The van der Waals surface area contributed by atoms with Crippen LogP contribution < -0.4 is 5.73 Å². The van der Waals surface area contributed by atoms with Crippen molar-refractivity contribution in [3.8, 4) is 11.3 Å². The average Bonchev–Trinajstić information content (AvgIpc) is 2.78. The predicted octanol–water partition coefficient (Wildman–Crippen LogP) is 3.47. The second-order valence-electron chi connectivity index (χ2n) is 5.08. The largest absolute Gasteiger partial charge is 0.342 e. The Hall–Kier alpha value is -1.13. The number of benzene rings is 1. The van der Waals surface area contributed by atoms with Crippen LogP contribution in [0.3, 0.4) is 0 Å². The number of H-pyrrole nitrogens is 1. The Morgan fingerprint density at radius 2 is 2.17 bits per heavy atom. The summed E-state index contributed by atoms with van der Waals surface area (Å²) >= 11 is 3.48. The van der Waals surface area contributed by atoms with Crippen LogP contribution in [-0.4, -0.2) is 16.5 Å². The van der Waals surface area contributed by atoms with Crippen molar-refractivity contribution < 1.29 is 0 Å². The van der Waals surface area contributed by atoms with Gasteiger partial charge in [-0.1, -0.05) is 41.9 Å². The molecule has 1 aromatic heterocycles. The van der Waals surface area contributed by atoms with Crippen molar-refractivity contribution in [2.75, 3.05) is 6.54 Å². The van der Waals surface area contributed by atoms with Crippen LogP contribution in [0.5, 0.6) is 0 Å². The summed E-state index contributed by atoms with van der Waals surface area (Å²) in [4.78, 5) is 7.88. The highest BCUT2D eigenvalue weighted by molar-refractivity contribution is 9.10. The first kappa shape index (κ1) is 13.3. The molecule has 1 aromatic carbocycles. The van der Waals surface area contributed by atoms with Crippen molar-refractivity contribution in [1.29, 1.82) is 0 Å². The van der Waals surface area contributed by atoms with Crippen LogP contribution in [0.1, 0.15) is 26.1 Å². The second-order valence-corrected chi connectivity index (χ2v) is 5.99. The summed E-state index contributed by atoms with van der Waals surface area (Å²) in [6.07, 6.45) is 2.80. The molecule has 18 heavy (non-hydrogen) atoms. The summed E-state index contributed by atoms with van der Waals surface area (Å²) in [7, 11) is 0. The van der Waals surface area contributed by atoms with Gasteiger partial charge >= 0.3 is 0 Å². The van der Waals surface area contributed by atoms with Gasteiger partial charge in [-0.05, 0) is 25.1 Å². The molecule has 0 aliphatic carbocycles. The number of halogens is 1. The molecule has 3 nitrogen and oxygen atoms in total. The number of aromatic nitrogens is 2. The fraction of sp³-hybridized carbons (Fsp3) is 0.357. The van der Waals surface area contributed by atoms with Crippen molar-refractivity contribution >= 4 is 15.9 Å². The second kappa shape index (κ2) is 5.24. The summed E-state index contributed by atoms with van der Waals surface area (Å²) < 4.78 is 1.07. The van der Waals surface area contributed by atoms with Crippen molar-refractivity contribution in [3.05, 3.63) is 40.8 Å². The highest BCUT2D eigenvalue weighted by Crippen LogP contribution is 2.27. The van der Waals surface area contributed by atoms with Crippen LogP contribution in [0.2, 0.25) is 0 Å². The molecule has 0 saturated heterocycles. The number of nitrogens with zero attached hydrogens (tertiary/aromatic N) is 1. The van der Waals surface area contributed by atoms with Crippen LogP contribution in [0.25, 0.3) is 11.3 Å². The highest BCUT2D eigenvalue weighted by atomic mass is 79.9. The first-order valence-corrected chi connectivity index (χ1v) is 6.84. The summed E-state index contributed by atoms with van der Waals surface area (Å²) in [6, 6.07) is 8.18. The third-order valence-electron chi connectivity index (χ3n) is 3.12. The lowest BCUT2D eigenvalue weighted by Gasteiger charge is -2.20. The van der Waals surface area contributed by atoms with Gasteiger partial charge in [0.25, 0.3) is 0 Å². The molecule has 0 unspecified atom stereocenters. The Balaban J connectivity index is 2.31. The van der Waals surface area contributed by atoms with Crippen LogP contribution in [0.4, 0.5) is 0 Å². The first-order valence-electron chi connectivity index (χ1n) is 6.04.